The largest absolute Gasteiger partial charge is 0.394 e. The van der Waals surface area contributed by atoms with Crippen molar-refractivity contribution in [2.75, 3.05) is 0 Å². The quantitative estimate of drug-likeness (QED) is 0.473. The van der Waals surface area contributed by atoms with Crippen LogP contribution in [0.1, 0.15) is 6.92 Å². The van der Waals surface area contributed by atoms with Crippen LogP contribution in [0, 0.1) is 0 Å². The molecule has 0 rings (SSSR count). The van der Waals surface area contributed by atoms with Gasteiger partial charge in [-0.1, -0.05) is 12.2 Å². The van der Waals surface area contributed by atoms with Gasteiger partial charge in [-0.25, -0.2) is 0 Å². The van der Waals surface area contributed by atoms with E-state index in [0.29, 0.717) is 4.99 Å². The maximum Gasteiger partial charge on any atom is 0.0695 e. The van der Waals surface area contributed by atoms with E-state index in [4.69, 9.17) is 5.73 Å². The molecule has 0 radical (unpaired) electrons. The van der Waals surface area contributed by atoms with E-state index in [9.17, 15) is 0 Å². The third-order valence-electron chi connectivity index (χ3n) is 0. The predicted molar refractivity (Wildman–Crippen MR) is 22.5 cm³/mol. The molecule has 0 atom stereocenters. The van der Waals surface area contributed by atoms with Crippen LogP contribution in [0.3, 0.4) is 0 Å². The fourth-order valence-corrected chi connectivity index (χ4v) is 0. The van der Waals surface area contributed by atoms with Crippen molar-refractivity contribution in [3.8, 4) is 0 Å². The Kier molecular flexibility index (Phi) is 8.01. The van der Waals surface area contributed by atoms with Gasteiger partial charge in [0.05, 0.1) is 4.99 Å². The molecule has 0 bridgehead atoms. The normalized spacial score (nSPS) is 5.00. The first-order valence-corrected chi connectivity index (χ1v) is 1.40. The van der Waals surface area contributed by atoms with Crippen LogP contribution < -0.4 is 5.73 Å². The number of thiocarbonyl (C=S) groups is 1. The summed E-state index contributed by atoms with van der Waals surface area (Å²) < 4.78 is 0. The van der Waals surface area contributed by atoms with Crippen LogP contribution in [0.4, 0.5) is 0 Å². The maximum atomic E-state index is 4.84. The van der Waals surface area contributed by atoms with Gasteiger partial charge < -0.3 is 5.73 Å². The summed E-state index contributed by atoms with van der Waals surface area (Å²) >= 11 is 4.31. The molecular weight excluding hydrogens is 122 g/mol. The van der Waals surface area contributed by atoms with Crippen molar-refractivity contribution in [3.63, 3.8) is 0 Å². The molecule has 0 aromatic rings. The van der Waals surface area contributed by atoms with Gasteiger partial charge in [0.1, 0.15) is 0 Å². The van der Waals surface area contributed by atoms with E-state index in [1.807, 2.05) is 0 Å². The Labute approximate surface area is 47.7 Å². The summed E-state index contributed by atoms with van der Waals surface area (Å²) in [7, 11) is 0. The number of hydrogen-bond acceptors (Lipinski definition) is 1. The molecule has 0 aliphatic heterocycles. The standard InChI is InChI=1S/C2H5NS.Cr/c1-2(3)4;/h1H3,(H2,3,4);. The van der Waals surface area contributed by atoms with Crippen LogP contribution in [0.25, 0.3) is 0 Å². The van der Waals surface area contributed by atoms with Crippen LogP contribution in [0.2, 0.25) is 0 Å². The molecule has 5 heavy (non-hydrogen) atoms. The van der Waals surface area contributed by atoms with Gasteiger partial charge in [0.15, 0.2) is 0 Å². The second kappa shape index (κ2) is 4.42. The molecule has 0 aliphatic carbocycles. The first-order valence-electron chi connectivity index (χ1n) is 0.993. The Hall–Kier alpha value is 0.422. The van der Waals surface area contributed by atoms with Crippen molar-refractivity contribution in [3.05, 3.63) is 0 Å². The number of rotatable bonds is 0. The first-order chi connectivity index (χ1) is 1.73. The molecule has 30 valence electrons. The second-order valence-electron chi connectivity index (χ2n) is 0.611. The topological polar surface area (TPSA) is 26.0 Å². The number of nitrogens with two attached hydrogens (primary N) is 1. The monoisotopic (exact) mass is 127 g/mol. The van der Waals surface area contributed by atoms with E-state index >= 15 is 0 Å². The maximum absolute atomic E-state index is 4.84. The molecule has 0 fully saturated rings. The van der Waals surface area contributed by atoms with E-state index in [2.05, 4.69) is 12.2 Å². The third-order valence-corrected chi connectivity index (χ3v) is 0. The zero-order valence-corrected chi connectivity index (χ0v) is 4.99. The van der Waals surface area contributed by atoms with Gasteiger partial charge >= 0.3 is 0 Å². The first kappa shape index (κ1) is 9.05. The van der Waals surface area contributed by atoms with Gasteiger partial charge in [0.25, 0.3) is 0 Å². The summed E-state index contributed by atoms with van der Waals surface area (Å²) in [4.78, 5) is 0.500. The van der Waals surface area contributed by atoms with Gasteiger partial charge in [0.2, 0.25) is 0 Å². The minimum Gasteiger partial charge on any atom is -0.394 e. The predicted octanol–water partition coefficient (Wildman–Crippen LogP) is 0.290. The Balaban J connectivity index is 0. The van der Waals surface area contributed by atoms with E-state index in [0.717, 1.165) is 0 Å². The summed E-state index contributed by atoms with van der Waals surface area (Å²) in [6, 6.07) is 0. The molecule has 3 heteroatoms. The van der Waals surface area contributed by atoms with Crippen LogP contribution in [-0.2, 0) is 17.4 Å². The fourth-order valence-electron chi connectivity index (χ4n) is 0. The zero-order chi connectivity index (χ0) is 3.58. The van der Waals surface area contributed by atoms with Crippen molar-refractivity contribution in [1.82, 2.24) is 0 Å². The van der Waals surface area contributed by atoms with Crippen molar-refractivity contribution in [1.29, 1.82) is 0 Å². The molecule has 0 spiro atoms. The fraction of sp³-hybridized carbons (Fsp3) is 0.500. The molecule has 0 aliphatic rings. The molecule has 1 nitrogen and oxygen atoms in total. The molecule has 0 heterocycles. The Morgan fingerprint density at radius 2 is 1.80 bits per heavy atom. The Bertz CT molecular complexity index is 32.6. The van der Waals surface area contributed by atoms with Crippen LogP contribution in [-0.4, -0.2) is 4.99 Å². The van der Waals surface area contributed by atoms with E-state index in [1.165, 1.54) is 0 Å². The molecule has 0 amide bonds. The van der Waals surface area contributed by atoms with Gasteiger partial charge in [-0.05, 0) is 6.92 Å². The van der Waals surface area contributed by atoms with Gasteiger partial charge in [-0.3, -0.25) is 0 Å². The smallest absolute Gasteiger partial charge is 0.0695 e. The van der Waals surface area contributed by atoms with Gasteiger partial charge in [-0.15, -0.1) is 0 Å². The summed E-state index contributed by atoms with van der Waals surface area (Å²) in [5.74, 6) is 0. The summed E-state index contributed by atoms with van der Waals surface area (Å²) in [5, 5.41) is 0. The molecule has 0 saturated carbocycles. The Morgan fingerprint density at radius 1 is 1.80 bits per heavy atom. The summed E-state index contributed by atoms with van der Waals surface area (Å²) in [6.45, 7) is 1.68. The van der Waals surface area contributed by atoms with Crippen molar-refractivity contribution >= 4 is 17.2 Å². The second-order valence-corrected chi connectivity index (χ2v) is 1.25. The van der Waals surface area contributed by atoms with Crippen LogP contribution >= 0.6 is 12.2 Å². The average Bonchev–Trinajstić information content (AvgIpc) is 0.811. The molecule has 0 unspecified atom stereocenters. The minimum absolute atomic E-state index is 0. The average molecular weight is 127 g/mol. The Morgan fingerprint density at radius 3 is 1.80 bits per heavy atom. The van der Waals surface area contributed by atoms with E-state index in [-0.39, 0.29) is 17.4 Å². The van der Waals surface area contributed by atoms with Crippen molar-refractivity contribution in [2.45, 2.75) is 6.92 Å². The number of hydrogen-bond donors (Lipinski definition) is 1. The van der Waals surface area contributed by atoms with Crippen LogP contribution in [0.15, 0.2) is 0 Å². The van der Waals surface area contributed by atoms with Crippen molar-refractivity contribution < 1.29 is 17.4 Å². The van der Waals surface area contributed by atoms with E-state index in [1.54, 1.807) is 6.92 Å². The summed E-state index contributed by atoms with van der Waals surface area (Å²) in [5.41, 5.74) is 4.84. The molecular formula is C2H5CrNS. The zero-order valence-electron chi connectivity index (χ0n) is 2.89. The summed E-state index contributed by atoms with van der Waals surface area (Å²) in [6.07, 6.45) is 0. The third kappa shape index (κ3) is 145. The van der Waals surface area contributed by atoms with Gasteiger partial charge in [0, 0.05) is 17.4 Å². The molecule has 0 saturated heterocycles. The molecule has 0 aromatic heterocycles. The van der Waals surface area contributed by atoms with E-state index < -0.39 is 0 Å². The minimum atomic E-state index is 0. The van der Waals surface area contributed by atoms with Crippen LogP contribution in [0.5, 0.6) is 0 Å². The molecule has 0 aromatic carbocycles. The van der Waals surface area contributed by atoms with Gasteiger partial charge in [-0.2, -0.15) is 0 Å². The SMILES string of the molecule is CC(N)=S.[Cr]. The van der Waals surface area contributed by atoms with Crippen molar-refractivity contribution in [2.24, 2.45) is 5.73 Å². The molecule has 2 N–H and O–H groups in total.